The maximum atomic E-state index is 5.79. The Morgan fingerprint density at radius 2 is 2.05 bits per heavy atom. The number of hydrogen-bond acceptors (Lipinski definition) is 4. The van der Waals surface area contributed by atoms with Crippen LogP contribution in [0.1, 0.15) is 5.69 Å². The van der Waals surface area contributed by atoms with Crippen LogP contribution < -0.4 is 9.47 Å². The fourth-order valence-corrected chi connectivity index (χ4v) is 2.52. The van der Waals surface area contributed by atoms with Crippen molar-refractivity contribution in [3.63, 3.8) is 0 Å². The van der Waals surface area contributed by atoms with Gasteiger partial charge in [0.25, 0.3) is 0 Å². The van der Waals surface area contributed by atoms with E-state index < -0.39 is 0 Å². The number of hydrogen-bond donors (Lipinski definition) is 0. The fraction of sp³-hybridized carbons (Fsp3) is 0.125. The van der Waals surface area contributed by atoms with E-state index in [1.54, 1.807) is 7.11 Å². The van der Waals surface area contributed by atoms with Crippen LogP contribution in [-0.2, 0) is 6.61 Å². The van der Waals surface area contributed by atoms with Crippen LogP contribution in [0.3, 0.4) is 0 Å². The molecule has 3 aromatic rings. The zero-order valence-corrected chi connectivity index (χ0v) is 11.5. The second-order valence-corrected chi connectivity index (χ2v) is 4.78. The maximum absolute atomic E-state index is 5.79. The number of nitrogens with zero attached hydrogens (tertiary/aromatic N) is 3. The van der Waals surface area contributed by atoms with Gasteiger partial charge in [-0.15, -0.1) is 5.10 Å². The lowest BCUT2D eigenvalue weighted by Gasteiger charge is -2.18. The number of fused-ring (bicyclic) bond motifs is 3. The van der Waals surface area contributed by atoms with Gasteiger partial charge in [0.05, 0.1) is 7.11 Å². The van der Waals surface area contributed by atoms with Crippen molar-refractivity contribution in [2.24, 2.45) is 0 Å². The summed E-state index contributed by atoms with van der Waals surface area (Å²) in [6, 6.07) is 15.6. The first-order chi connectivity index (χ1) is 10.4. The summed E-state index contributed by atoms with van der Waals surface area (Å²) >= 11 is 0. The largest absolute Gasteiger partial charge is 0.497 e. The Morgan fingerprint density at radius 3 is 2.95 bits per heavy atom. The summed E-state index contributed by atoms with van der Waals surface area (Å²) in [5.74, 6) is 1.62. The molecule has 0 saturated carbocycles. The third kappa shape index (κ3) is 1.86. The second-order valence-electron chi connectivity index (χ2n) is 4.78. The molecule has 0 aliphatic carbocycles. The highest BCUT2D eigenvalue weighted by Crippen LogP contribution is 2.33. The average molecular weight is 279 g/mol. The number of para-hydroxylation sites is 2. The van der Waals surface area contributed by atoms with Crippen molar-refractivity contribution < 1.29 is 9.47 Å². The lowest BCUT2D eigenvalue weighted by atomic mass is 10.1. The summed E-state index contributed by atoms with van der Waals surface area (Å²) in [7, 11) is 1.65. The zero-order valence-electron chi connectivity index (χ0n) is 11.5. The lowest BCUT2D eigenvalue weighted by molar-refractivity contribution is 0.282. The molecule has 0 radical (unpaired) electrons. The van der Waals surface area contributed by atoms with Crippen molar-refractivity contribution >= 4 is 0 Å². The summed E-state index contributed by atoms with van der Waals surface area (Å²) < 4.78 is 12.9. The molecule has 2 heterocycles. The predicted molar refractivity (Wildman–Crippen MR) is 77.7 cm³/mol. The molecule has 1 aliphatic rings. The van der Waals surface area contributed by atoms with Crippen molar-refractivity contribution in [1.29, 1.82) is 0 Å². The van der Waals surface area contributed by atoms with Crippen LogP contribution in [0, 0.1) is 0 Å². The van der Waals surface area contributed by atoms with Gasteiger partial charge in [-0.05, 0) is 24.3 Å². The molecule has 4 rings (SSSR count). The Bertz CT molecular complexity index is 811. The summed E-state index contributed by atoms with van der Waals surface area (Å²) in [4.78, 5) is 0. The second kappa shape index (κ2) is 4.63. The van der Waals surface area contributed by atoms with Gasteiger partial charge < -0.3 is 9.47 Å². The van der Waals surface area contributed by atoms with Crippen LogP contribution >= 0.6 is 0 Å². The smallest absolute Gasteiger partial charge is 0.145 e. The van der Waals surface area contributed by atoms with Gasteiger partial charge in [0.2, 0.25) is 0 Å². The predicted octanol–water partition coefficient (Wildman–Crippen LogP) is 2.84. The van der Waals surface area contributed by atoms with Gasteiger partial charge in [0.15, 0.2) is 0 Å². The molecule has 0 bridgehead atoms. The summed E-state index contributed by atoms with van der Waals surface area (Å²) in [5.41, 5.74) is 3.66. The molecule has 21 heavy (non-hydrogen) atoms. The first-order valence-corrected chi connectivity index (χ1v) is 6.68. The van der Waals surface area contributed by atoms with Gasteiger partial charge in [0, 0.05) is 5.56 Å². The molecule has 104 valence electrons. The molecule has 0 amide bonds. The van der Waals surface area contributed by atoms with Gasteiger partial charge in [-0.2, -0.15) is 0 Å². The average Bonchev–Trinajstić information content (AvgIpc) is 2.99. The van der Waals surface area contributed by atoms with E-state index in [9.17, 15) is 0 Å². The van der Waals surface area contributed by atoms with Crippen LogP contribution in [0.25, 0.3) is 16.9 Å². The van der Waals surface area contributed by atoms with E-state index >= 15 is 0 Å². The number of methoxy groups -OCH3 is 1. The standard InChI is InChI=1S/C16H13N3O2/c1-20-12-6-4-5-11(9-12)16-14-10-21-15-8-3-2-7-13(15)19(14)18-17-16/h2-9H,10H2,1H3. The molecule has 1 aromatic heterocycles. The van der Waals surface area contributed by atoms with E-state index in [2.05, 4.69) is 10.3 Å². The van der Waals surface area contributed by atoms with Crippen LogP contribution in [-0.4, -0.2) is 22.1 Å². The molecular weight excluding hydrogens is 266 g/mol. The molecule has 0 fully saturated rings. The number of rotatable bonds is 2. The van der Waals surface area contributed by atoms with E-state index in [1.165, 1.54) is 0 Å². The van der Waals surface area contributed by atoms with Crippen molar-refractivity contribution in [3.05, 3.63) is 54.2 Å². The van der Waals surface area contributed by atoms with Gasteiger partial charge in [-0.25, -0.2) is 4.68 Å². The molecule has 0 atom stereocenters. The summed E-state index contributed by atoms with van der Waals surface area (Å²) in [6.07, 6.45) is 0. The Balaban J connectivity index is 1.86. The van der Waals surface area contributed by atoms with Crippen LogP contribution in [0.5, 0.6) is 11.5 Å². The molecule has 2 aromatic carbocycles. The molecule has 0 unspecified atom stereocenters. The van der Waals surface area contributed by atoms with Crippen molar-refractivity contribution in [2.75, 3.05) is 7.11 Å². The number of ether oxygens (including phenoxy) is 2. The highest BCUT2D eigenvalue weighted by atomic mass is 16.5. The molecule has 0 saturated heterocycles. The van der Waals surface area contributed by atoms with Gasteiger partial charge in [-0.1, -0.05) is 29.5 Å². The summed E-state index contributed by atoms with van der Waals surface area (Å²) in [6.45, 7) is 0.455. The van der Waals surface area contributed by atoms with Crippen molar-refractivity contribution in [3.8, 4) is 28.4 Å². The SMILES string of the molecule is COc1cccc(-c2nnn3c2COc2ccccc2-3)c1. The normalized spacial score (nSPS) is 12.2. The Kier molecular flexibility index (Phi) is 2.64. The number of benzene rings is 2. The van der Waals surface area contributed by atoms with Gasteiger partial charge >= 0.3 is 0 Å². The molecule has 0 N–H and O–H groups in total. The Labute approximate surface area is 121 Å². The third-order valence-electron chi connectivity index (χ3n) is 3.56. The minimum atomic E-state index is 0.455. The van der Waals surface area contributed by atoms with Gasteiger partial charge in [0.1, 0.15) is 35.2 Å². The maximum Gasteiger partial charge on any atom is 0.145 e. The van der Waals surface area contributed by atoms with Crippen LogP contribution in [0.15, 0.2) is 48.5 Å². The fourth-order valence-electron chi connectivity index (χ4n) is 2.52. The minimum absolute atomic E-state index is 0.455. The first-order valence-electron chi connectivity index (χ1n) is 6.68. The van der Waals surface area contributed by atoms with E-state index in [0.717, 1.165) is 34.1 Å². The quantitative estimate of drug-likeness (QED) is 0.723. The minimum Gasteiger partial charge on any atom is -0.497 e. The van der Waals surface area contributed by atoms with E-state index in [4.69, 9.17) is 9.47 Å². The highest BCUT2D eigenvalue weighted by Gasteiger charge is 2.23. The van der Waals surface area contributed by atoms with E-state index in [-0.39, 0.29) is 0 Å². The molecular formula is C16H13N3O2. The monoisotopic (exact) mass is 279 g/mol. The van der Waals surface area contributed by atoms with E-state index in [1.807, 2.05) is 53.2 Å². The molecule has 0 spiro atoms. The topological polar surface area (TPSA) is 49.2 Å². The van der Waals surface area contributed by atoms with Gasteiger partial charge in [-0.3, -0.25) is 0 Å². The first kappa shape index (κ1) is 12.0. The van der Waals surface area contributed by atoms with E-state index in [0.29, 0.717) is 6.61 Å². The lowest BCUT2D eigenvalue weighted by Crippen LogP contribution is -2.13. The molecule has 5 heteroatoms. The third-order valence-corrected chi connectivity index (χ3v) is 3.56. The number of aromatic nitrogens is 3. The summed E-state index contributed by atoms with van der Waals surface area (Å²) in [5, 5.41) is 8.60. The molecule has 5 nitrogen and oxygen atoms in total. The van der Waals surface area contributed by atoms with Crippen molar-refractivity contribution in [1.82, 2.24) is 15.0 Å². The Hall–Kier alpha value is -2.82. The van der Waals surface area contributed by atoms with Crippen LogP contribution in [0.4, 0.5) is 0 Å². The van der Waals surface area contributed by atoms with Crippen molar-refractivity contribution in [2.45, 2.75) is 6.61 Å². The Morgan fingerprint density at radius 1 is 1.14 bits per heavy atom. The highest BCUT2D eigenvalue weighted by molar-refractivity contribution is 5.65. The van der Waals surface area contributed by atoms with Crippen LogP contribution in [0.2, 0.25) is 0 Å². The zero-order chi connectivity index (χ0) is 14.2. The molecule has 1 aliphatic heterocycles.